The average Bonchev–Trinajstić information content (AvgIpc) is 2.56. The number of hydrogen-bond donors (Lipinski definition) is 1. The van der Waals surface area contributed by atoms with E-state index in [0.29, 0.717) is 13.0 Å². The Morgan fingerprint density at radius 1 is 0.792 bits per heavy atom. The summed E-state index contributed by atoms with van der Waals surface area (Å²) >= 11 is 0. The van der Waals surface area contributed by atoms with Crippen molar-refractivity contribution >= 4 is 10.1 Å². The molecule has 1 N–H and O–H groups in total. The molecule has 0 spiro atoms. The van der Waals surface area contributed by atoms with Crippen LogP contribution in [0.2, 0.25) is 0 Å². The highest BCUT2D eigenvalue weighted by molar-refractivity contribution is 7.86. The van der Waals surface area contributed by atoms with Crippen molar-refractivity contribution in [3.05, 3.63) is 0 Å². The summed E-state index contributed by atoms with van der Waals surface area (Å²) in [6.07, 6.45) is 14.4. The first-order valence-corrected chi connectivity index (χ1v) is 11.6. The molecule has 0 bridgehead atoms. The average molecular weight is 365 g/mol. The minimum Gasteiger partial charge on any atom is -0.393 e. The van der Waals surface area contributed by atoms with Gasteiger partial charge in [-0.3, -0.25) is 4.18 Å². The molecule has 146 valence electrons. The van der Waals surface area contributed by atoms with Gasteiger partial charge in [0.05, 0.1) is 18.5 Å². The molecule has 0 amide bonds. The molecule has 0 radical (unpaired) electrons. The van der Waals surface area contributed by atoms with Gasteiger partial charge in [0.1, 0.15) is 0 Å². The Balaban J connectivity index is 3.42. The Hall–Kier alpha value is -0.130. The number of aliphatic hydroxyl groups is 1. The van der Waals surface area contributed by atoms with E-state index in [0.717, 1.165) is 51.4 Å². The molecule has 1 atom stereocenters. The minimum atomic E-state index is -3.33. The molecule has 0 rings (SSSR count). The highest BCUT2D eigenvalue weighted by Gasteiger charge is 2.10. The van der Waals surface area contributed by atoms with E-state index in [9.17, 15) is 13.5 Å². The lowest BCUT2D eigenvalue weighted by Crippen LogP contribution is -2.11. The van der Waals surface area contributed by atoms with E-state index in [2.05, 4.69) is 6.92 Å². The number of rotatable bonds is 18. The van der Waals surface area contributed by atoms with Crippen LogP contribution in [0, 0.1) is 0 Å². The van der Waals surface area contributed by atoms with E-state index < -0.39 is 10.1 Å². The van der Waals surface area contributed by atoms with Crippen LogP contribution in [0.25, 0.3) is 0 Å². The smallest absolute Gasteiger partial charge is 0.267 e. The summed E-state index contributed by atoms with van der Waals surface area (Å²) in [7, 11) is -3.33. The topological polar surface area (TPSA) is 63.6 Å². The zero-order valence-electron chi connectivity index (χ0n) is 16.0. The first-order chi connectivity index (χ1) is 11.5. The van der Waals surface area contributed by atoms with Crippen molar-refractivity contribution in [3.63, 3.8) is 0 Å². The van der Waals surface area contributed by atoms with Crippen molar-refractivity contribution in [2.45, 2.75) is 110 Å². The van der Waals surface area contributed by atoms with Gasteiger partial charge in [0.25, 0.3) is 10.1 Å². The molecule has 0 aromatic rings. The van der Waals surface area contributed by atoms with Crippen molar-refractivity contribution in [1.82, 2.24) is 0 Å². The quantitative estimate of drug-likeness (QED) is 0.268. The molecule has 0 aliphatic carbocycles. The Bertz CT molecular complexity index is 354. The molecule has 0 aliphatic heterocycles. The van der Waals surface area contributed by atoms with Gasteiger partial charge in [-0.15, -0.1) is 0 Å². The van der Waals surface area contributed by atoms with Gasteiger partial charge in [-0.1, -0.05) is 78.1 Å². The fourth-order valence-corrected chi connectivity index (χ4v) is 3.74. The lowest BCUT2D eigenvalue weighted by atomic mass is 10.1. The molecular formula is C19H40O4S. The van der Waals surface area contributed by atoms with Crippen LogP contribution in [0.1, 0.15) is 104 Å². The SMILES string of the molecule is CCCCCCCCCCS(=O)(=O)OCCCCCCC(O)CC. The second kappa shape index (κ2) is 16.3. The standard InChI is InChI=1S/C19H40O4S/c1-3-5-6-7-8-9-12-15-18-24(21,22)23-17-14-11-10-13-16-19(20)4-2/h19-20H,3-18H2,1-2H3. The second-order valence-corrected chi connectivity index (χ2v) is 8.58. The van der Waals surface area contributed by atoms with E-state index in [1.54, 1.807) is 0 Å². The third-order valence-corrected chi connectivity index (χ3v) is 5.73. The molecule has 0 saturated heterocycles. The lowest BCUT2D eigenvalue weighted by Gasteiger charge is -2.07. The van der Waals surface area contributed by atoms with Crippen molar-refractivity contribution in [3.8, 4) is 0 Å². The zero-order chi connectivity index (χ0) is 18.1. The predicted octanol–water partition coefficient (Wildman–Crippen LogP) is 5.19. The predicted molar refractivity (Wildman–Crippen MR) is 102 cm³/mol. The molecular weight excluding hydrogens is 324 g/mol. The number of hydrogen-bond acceptors (Lipinski definition) is 4. The van der Waals surface area contributed by atoms with Crippen LogP contribution in [0.3, 0.4) is 0 Å². The summed E-state index contributed by atoms with van der Waals surface area (Å²) in [5.74, 6) is 0.157. The lowest BCUT2D eigenvalue weighted by molar-refractivity contribution is 0.156. The van der Waals surface area contributed by atoms with Gasteiger partial charge < -0.3 is 5.11 Å². The van der Waals surface area contributed by atoms with E-state index in [-0.39, 0.29) is 11.9 Å². The van der Waals surface area contributed by atoms with Gasteiger partial charge in [0.15, 0.2) is 0 Å². The monoisotopic (exact) mass is 364 g/mol. The van der Waals surface area contributed by atoms with E-state index in [4.69, 9.17) is 4.18 Å². The van der Waals surface area contributed by atoms with Gasteiger partial charge in [0, 0.05) is 0 Å². The molecule has 4 nitrogen and oxygen atoms in total. The normalized spacial score (nSPS) is 13.3. The Labute approximate surface area is 150 Å². The van der Waals surface area contributed by atoms with Crippen molar-refractivity contribution in [2.75, 3.05) is 12.4 Å². The van der Waals surface area contributed by atoms with Crippen LogP contribution in [0.5, 0.6) is 0 Å². The van der Waals surface area contributed by atoms with Crippen molar-refractivity contribution in [2.24, 2.45) is 0 Å². The Morgan fingerprint density at radius 2 is 1.33 bits per heavy atom. The molecule has 0 heterocycles. The Morgan fingerprint density at radius 3 is 1.96 bits per heavy atom. The maximum absolute atomic E-state index is 11.8. The summed E-state index contributed by atoms with van der Waals surface area (Å²) in [6.45, 7) is 4.49. The highest BCUT2D eigenvalue weighted by atomic mass is 32.2. The molecule has 24 heavy (non-hydrogen) atoms. The zero-order valence-corrected chi connectivity index (χ0v) is 16.8. The maximum atomic E-state index is 11.8. The van der Waals surface area contributed by atoms with Crippen molar-refractivity contribution in [1.29, 1.82) is 0 Å². The van der Waals surface area contributed by atoms with Gasteiger partial charge in [-0.25, -0.2) is 0 Å². The second-order valence-electron chi connectivity index (χ2n) is 6.82. The van der Waals surface area contributed by atoms with E-state index >= 15 is 0 Å². The van der Waals surface area contributed by atoms with Gasteiger partial charge >= 0.3 is 0 Å². The van der Waals surface area contributed by atoms with E-state index in [1.165, 1.54) is 32.1 Å². The Kier molecular flexibility index (Phi) is 16.3. The fourth-order valence-electron chi connectivity index (χ4n) is 2.70. The highest BCUT2D eigenvalue weighted by Crippen LogP contribution is 2.11. The maximum Gasteiger partial charge on any atom is 0.267 e. The fraction of sp³-hybridized carbons (Fsp3) is 1.00. The van der Waals surface area contributed by atoms with Crippen molar-refractivity contribution < 1.29 is 17.7 Å². The van der Waals surface area contributed by atoms with Crippen LogP contribution >= 0.6 is 0 Å². The summed E-state index contributed by atoms with van der Waals surface area (Å²) < 4.78 is 28.6. The molecule has 0 aromatic heterocycles. The third kappa shape index (κ3) is 16.7. The first kappa shape index (κ1) is 23.9. The molecule has 0 fully saturated rings. The van der Waals surface area contributed by atoms with Crippen LogP contribution in [-0.2, 0) is 14.3 Å². The van der Waals surface area contributed by atoms with Crippen LogP contribution in [0.15, 0.2) is 0 Å². The minimum absolute atomic E-state index is 0.157. The summed E-state index contributed by atoms with van der Waals surface area (Å²) in [4.78, 5) is 0. The molecule has 5 heteroatoms. The largest absolute Gasteiger partial charge is 0.393 e. The number of unbranched alkanes of at least 4 members (excludes halogenated alkanes) is 10. The van der Waals surface area contributed by atoms with Gasteiger partial charge in [-0.05, 0) is 25.7 Å². The summed E-state index contributed by atoms with van der Waals surface area (Å²) in [5, 5.41) is 9.44. The summed E-state index contributed by atoms with van der Waals surface area (Å²) in [6, 6.07) is 0. The molecule has 0 aromatic carbocycles. The first-order valence-electron chi connectivity index (χ1n) is 10.1. The van der Waals surface area contributed by atoms with Gasteiger partial charge in [-0.2, -0.15) is 8.42 Å². The van der Waals surface area contributed by atoms with Crippen LogP contribution < -0.4 is 0 Å². The van der Waals surface area contributed by atoms with E-state index in [1.807, 2.05) is 6.92 Å². The molecule has 0 aliphatic rings. The molecule has 1 unspecified atom stereocenters. The van der Waals surface area contributed by atoms with Crippen LogP contribution in [0.4, 0.5) is 0 Å². The van der Waals surface area contributed by atoms with Gasteiger partial charge in [0.2, 0.25) is 0 Å². The number of aliphatic hydroxyl groups excluding tert-OH is 1. The summed E-state index contributed by atoms with van der Waals surface area (Å²) in [5.41, 5.74) is 0. The molecule has 0 saturated carbocycles. The third-order valence-electron chi connectivity index (χ3n) is 4.41. The van der Waals surface area contributed by atoms with Crippen LogP contribution in [-0.4, -0.2) is 32.0 Å².